The van der Waals surface area contributed by atoms with E-state index in [1.54, 1.807) is 29.2 Å². The highest BCUT2D eigenvalue weighted by Crippen LogP contribution is 2.24. The standard InChI is InChI=1S/C20H29N3O3/c1-3-23(4-2)20(26)16-9-11-17(12-10-16)22-18(24)13-14-21-19(25)15-7-5-6-8-15/h9-12,15H,3-8,13-14H2,1-2H3,(H,21,25)(H,22,24). The van der Waals surface area contributed by atoms with Crippen molar-refractivity contribution in [3.8, 4) is 0 Å². The van der Waals surface area contributed by atoms with E-state index in [4.69, 9.17) is 0 Å². The van der Waals surface area contributed by atoms with Crippen LogP contribution in [-0.4, -0.2) is 42.3 Å². The molecule has 1 aliphatic carbocycles. The van der Waals surface area contributed by atoms with Crippen molar-refractivity contribution in [1.82, 2.24) is 10.2 Å². The van der Waals surface area contributed by atoms with Gasteiger partial charge in [0.1, 0.15) is 0 Å². The quantitative estimate of drug-likeness (QED) is 0.749. The lowest BCUT2D eigenvalue weighted by Gasteiger charge is -2.18. The Morgan fingerprint density at radius 2 is 1.65 bits per heavy atom. The number of nitrogens with one attached hydrogen (secondary N) is 2. The highest BCUT2D eigenvalue weighted by atomic mass is 16.2. The fourth-order valence-electron chi connectivity index (χ4n) is 3.24. The summed E-state index contributed by atoms with van der Waals surface area (Å²) in [7, 11) is 0. The molecule has 1 aromatic carbocycles. The van der Waals surface area contributed by atoms with Crippen LogP contribution in [0.2, 0.25) is 0 Å². The zero-order valence-corrected chi connectivity index (χ0v) is 15.7. The third-order valence-electron chi connectivity index (χ3n) is 4.84. The zero-order valence-electron chi connectivity index (χ0n) is 15.7. The minimum Gasteiger partial charge on any atom is -0.355 e. The summed E-state index contributed by atoms with van der Waals surface area (Å²) < 4.78 is 0. The minimum atomic E-state index is -0.153. The fraction of sp³-hybridized carbons (Fsp3) is 0.550. The molecule has 0 spiro atoms. The number of amides is 3. The van der Waals surface area contributed by atoms with Crippen LogP contribution < -0.4 is 10.6 Å². The zero-order chi connectivity index (χ0) is 18.9. The summed E-state index contributed by atoms with van der Waals surface area (Å²) in [6, 6.07) is 6.90. The van der Waals surface area contributed by atoms with E-state index in [1.165, 1.54) is 0 Å². The van der Waals surface area contributed by atoms with Gasteiger partial charge in [-0.05, 0) is 51.0 Å². The maximum atomic E-state index is 12.3. The van der Waals surface area contributed by atoms with E-state index in [0.29, 0.717) is 30.9 Å². The summed E-state index contributed by atoms with van der Waals surface area (Å²) in [5.74, 6) is 0.0190. The van der Waals surface area contributed by atoms with Gasteiger partial charge in [0.2, 0.25) is 11.8 Å². The van der Waals surface area contributed by atoms with Gasteiger partial charge in [0, 0.05) is 43.2 Å². The molecule has 0 heterocycles. The largest absolute Gasteiger partial charge is 0.355 e. The second-order valence-corrected chi connectivity index (χ2v) is 6.63. The molecule has 1 fully saturated rings. The molecule has 0 aliphatic heterocycles. The van der Waals surface area contributed by atoms with E-state index < -0.39 is 0 Å². The summed E-state index contributed by atoms with van der Waals surface area (Å²) in [5, 5.41) is 5.63. The smallest absolute Gasteiger partial charge is 0.253 e. The second kappa shape index (κ2) is 9.94. The Labute approximate surface area is 155 Å². The van der Waals surface area contributed by atoms with Gasteiger partial charge >= 0.3 is 0 Å². The van der Waals surface area contributed by atoms with E-state index in [-0.39, 0.29) is 30.1 Å². The van der Waals surface area contributed by atoms with Gasteiger partial charge in [-0.2, -0.15) is 0 Å². The second-order valence-electron chi connectivity index (χ2n) is 6.63. The van der Waals surface area contributed by atoms with Crippen LogP contribution in [-0.2, 0) is 9.59 Å². The number of carbonyl (C=O) groups is 3. The summed E-state index contributed by atoms with van der Waals surface area (Å²) in [4.78, 5) is 37.9. The lowest BCUT2D eigenvalue weighted by Crippen LogP contribution is -2.32. The van der Waals surface area contributed by atoms with Crippen molar-refractivity contribution in [3.05, 3.63) is 29.8 Å². The molecule has 6 heteroatoms. The van der Waals surface area contributed by atoms with E-state index in [9.17, 15) is 14.4 Å². The Kier molecular flexibility index (Phi) is 7.63. The highest BCUT2D eigenvalue weighted by molar-refractivity contribution is 5.96. The highest BCUT2D eigenvalue weighted by Gasteiger charge is 2.22. The van der Waals surface area contributed by atoms with Gasteiger partial charge in [-0.3, -0.25) is 14.4 Å². The first-order chi connectivity index (χ1) is 12.5. The maximum Gasteiger partial charge on any atom is 0.253 e. The average Bonchev–Trinajstić information content (AvgIpc) is 3.18. The molecule has 142 valence electrons. The predicted molar refractivity (Wildman–Crippen MR) is 102 cm³/mol. The van der Waals surface area contributed by atoms with Crippen LogP contribution in [0.25, 0.3) is 0 Å². The number of hydrogen-bond donors (Lipinski definition) is 2. The molecule has 0 saturated heterocycles. The summed E-state index contributed by atoms with van der Waals surface area (Å²) in [6.45, 7) is 5.57. The molecule has 3 amide bonds. The van der Waals surface area contributed by atoms with Crippen molar-refractivity contribution in [2.45, 2.75) is 46.0 Å². The molecule has 0 atom stereocenters. The molecular weight excluding hydrogens is 330 g/mol. The normalized spacial score (nSPS) is 14.1. The third-order valence-corrected chi connectivity index (χ3v) is 4.84. The van der Waals surface area contributed by atoms with Crippen LogP contribution in [0.1, 0.15) is 56.3 Å². The summed E-state index contributed by atoms with van der Waals surface area (Å²) in [5.41, 5.74) is 1.25. The Morgan fingerprint density at radius 1 is 1.04 bits per heavy atom. The number of anilines is 1. The van der Waals surface area contributed by atoms with Crippen LogP contribution in [0.5, 0.6) is 0 Å². The Balaban J connectivity index is 1.76. The van der Waals surface area contributed by atoms with Crippen molar-refractivity contribution in [2.75, 3.05) is 25.0 Å². The van der Waals surface area contributed by atoms with Gasteiger partial charge in [-0.15, -0.1) is 0 Å². The van der Waals surface area contributed by atoms with Gasteiger partial charge in [0.15, 0.2) is 0 Å². The molecule has 0 bridgehead atoms. The SMILES string of the molecule is CCN(CC)C(=O)c1ccc(NC(=O)CCNC(=O)C2CCCC2)cc1. The molecule has 0 radical (unpaired) electrons. The first-order valence-electron chi connectivity index (χ1n) is 9.52. The molecule has 1 aromatic rings. The van der Waals surface area contributed by atoms with Gasteiger partial charge in [-0.25, -0.2) is 0 Å². The third kappa shape index (κ3) is 5.58. The number of rotatable bonds is 8. The van der Waals surface area contributed by atoms with Gasteiger partial charge in [-0.1, -0.05) is 12.8 Å². The Hall–Kier alpha value is -2.37. The first kappa shape index (κ1) is 19.9. The lowest BCUT2D eigenvalue weighted by molar-refractivity contribution is -0.124. The van der Waals surface area contributed by atoms with Crippen molar-refractivity contribution in [1.29, 1.82) is 0 Å². The number of nitrogens with zero attached hydrogens (tertiary/aromatic N) is 1. The molecule has 2 rings (SSSR count). The maximum absolute atomic E-state index is 12.3. The molecule has 2 N–H and O–H groups in total. The van der Waals surface area contributed by atoms with Crippen LogP contribution in [0.15, 0.2) is 24.3 Å². The topological polar surface area (TPSA) is 78.5 Å². The molecule has 6 nitrogen and oxygen atoms in total. The molecule has 1 saturated carbocycles. The summed E-state index contributed by atoms with van der Waals surface area (Å²) in [6.07, 6.45) is 4.38. The molecule has 0 aromatic heterocycles. The number of carbonyl (C=O) groups excluding carboxylic acids is 3. The summed E-state index contributed by atoms with van der Waals surface area (Å²) >= 11 is 0. The van der Waals surface area contributed by atoms with Crippen molar-refractivity contribution < 1.29 is 14.4 Å². The van der Waals surface area contributed by atoms with Gasteiger partial charge in [0.05, 0.1) is 0 Å². The minimum absolute atomic E-state index is 0.0116. The van der Waals surface area contributed by atoms with Crippen LogP contribution in [0.3, 0.4) is 0 Å². The first-order valence-corrected chi connectivity index (χ1v) is 9.52. The van der Waals surface area contributed by atoms with Gasteiger partial charge < -0.3 is 15.5 Å². The lowest BCUT2D eigenvalue weighted by atomic mass is 10.1. The van der Waals surface area contributed by atoms with Crippen LogP contribution in [0, 0.1) is 5.92 Å². The predicted octanol–water partition coefficient (Wildman–Crippen LogP) is 2.80. The van der Waals surface area contributed by atoms with E-state index in [0.717, 1.165) is 25.7 Å². The Bertz CT molecular complexity index is 618. The van der Waals surface area contributed by atoms with E-state index in [2.05, 4.69) is 10.6 Å². The molecule has 0 unspecified atom stereocenters. The van der Waals surface area contributed by atoms with Gasteiger partial charge in [0.25, 0.3) is 5.91 Å². The van der Waals surface area contributed by atoms with Crippen LogP contribution in [0.4, 0.5) is 5.69 Å². The average molecular weight is 359 g/mol. The molecule has 1 aliphatic rings. The van der Waals surface area contributed by atoms with E-state index in [1.807, 2.05) is 13.8 Å². The van der Waals surface area contributed by atoms with Crippen molar-refractivity contribution >= 4 is 23.4 Å². The Morgan fingerprint density at radius 3 is 2.23 bits per heavy atom. The van der Waals surface area contributed by atoms with Crippen LogP contribution >= 0.6 is 0 Å². The van der Waals surface area contributed by atoms with Crippen molar-refractivity contribution in [3.63, 3.8) is 0 Å². The number of benzene rings is 1. The molecule has 26 heavy (non-hydrogen) atoms. The van der Waals surface area contributed by atoms with Crippen molar-refractivity contribution in [2.24, 2.45) is 5.92 Å². The molecular formula is C20H29N3O3. The monoisotopic (exact) mass is 359 g/mol. The number of hydrogen-bond acceptors (Lipinski definition) is 3. The van der Waals surface area contributed by atoms with E-state index >= 15 is 0 Å². The fourth-order valence-corrected chi connectivity index (χ4v) is 3.24.